The van der Waals surface area contributed by atoms with Crippen LogP contribution in [0.2, 0.25) is 0 Å². The van der Waals surface area contributed by atoms with Crippen LogP contribution in [0.5, 0.6) is 0 Å². The van der Waals surface area contributed by atoms with Gasteiger partial charge in [-0.25, -0.2) is 14.6 Å². The molecule has 0 radical (unpaired) electrons. The quantitative estimate of drug-likeness (QED) is 0.468. The Bertz CT molecular complexity index is 410. The molecule has 14 heavy (non-hydrogen) atoms. The second-order valence-corrected chi connectivity index (χ2v) is 2.44. The van der Waals surface area contributed by atoms with Crippen molar-refractivity contribution in [3.8, 4) is 0 Å². The molecule has 1 rings (SSSR count). The Kier molecular flexibility index (Phi) is 3.11. The van der Waals surface area contributed by atoms with E-state index >= 15 is 0 Å². The first-order valence-electron chi connectivity index (χ1n) is 3.77. The van der Waals surface area contributed by atoms with Crippen molar-refractivity contribution in [1.82, 2.24) is 9.55 Å². The lowest BCUT2D eigenvalue weighted by Gasteiger charge is -2.01. The third-order valence-electron chi connectivity index (χ3n) is 1.55. The molecule has 0 spiro atoms. The van der Waals surface area contributed by atoms with Crippen LogP contribution in [0.25, 0.3) is 0 Å². The van der Waals surface area contributed by atoms with Crippen LogP contribution in [-0.2, 0) is 16.1 Å². The molecule has 1 aromatic heterocycles. The van der Waals surface area contributed by atoms with E-state index in [2.05, 4.69) is 9.72 Å². The summed E-state index contributed by atoms with van der Waals surface area (Å²) >= 11 is 0. The van der Waals surface area contributed by atoms with Gasteiger partial charge in [-0.2, -0.15) is 0 Å². The van der Waals surface area contributed by atoms with Crippen LogP contribution in [-0.4, -0.2) is 28.9 Å². The van der Waals surface area contributed by atoms with E-state index in [1.54, 1.807) is 0 Å². The number of carbonyl (C=O) groups is 2. The zero-order valence-electron chi connectivity index (χ0n) is 7.47. The van der Waals surface area contributed by atoms with Crippen LogP contribution in [0.15, 0.2) is 17.2 Å². The van der Waals surface area contributed by atoms with Gasteiger partial charge in [0.15, 0.2) is 0 Å². The Balaban J connectivity index is 3.12. The van der Waals surface area contributed by atoms with E-state index in [1.165, 1.54) is 13.3 Å². The lowest BCUT2D eigenvalue weighted by atomic mass is 10.3. The van der Waals surface area contributed by atoms with Crippen LogP contribution < -0.4 is 5.69 Å². The molecule has 0 fully saturated rings. The van der Waals surface area contributed by atoms with Crippen molar-refractivity contribution >= 4 is 12.3 Å². The average molecular weight is 196 g/mol. The molecule has 0 aromatic carbocycles. The first kappa shape index (κ1) is 10.1. The van der Waals surface area contributed by atoms with E-state index in [-0.39, 0.29) is 12.1 Å². The van der Waals surface area contributed by atoms with Gasteiger partial charge in [-0.15, -0.1) is 0 Å². The minimum atomic E-state index is -0.600. The maximum absolute atomic E-state index is 11.0. The molecule has 0 aliphatic heterocycles. The molecule has 1 heterocycles. The summed E-state index contributed by atoms with van der Waals surface area (Å²) in [6.45, 7) is -0.128. The highest BCUT2D eigenvalue weighted by Gasteiger charge is 2.07. The molecule has 74 valence electrons. The molecule has 0 saturated carbocycles. The fourth-order valence-corrected chi connectivity index (χ4v) is 0.890. The van der Waals surface area contributed by atoms with Gasteiger partial charge in [0, 0.05) is 12.4 Å². The first-order chi connectivity index (χ1) is 6.69. The number of aldehydes is 1. The molecule has 0 aliphatic rings. The van der Waals surface area contributed by atoms with E-state index < -0.39 is 11.7 Å². The van der Waals surface area contributed by atoms with Gasteiger partial charge >= 0.3 is 11.7 Å². The molecule has 6 nitrogen and oxygen atoms in total. The highest BCUT2D eigenvalue weighted by molar-refractivity contribution is 5.88. The molecule has 0 amide bonds. The number of esters is 1. The highest BCUT2D eigenvalue weighted by atomic mass is 16.5. The van der Waals surface area contributed by atoms with Gasteiger partial charge in [0.05, 0.1) is 19.2 Å². The van der Waals surface area contributed by atoms with Crippen LogP contribution >= 0.6 is 0 Å². The summed E-state index contributed by atoms with van der Waals surface area (Å²) in [6, 6.07) is 0. The summed E-state index contributed by atoms with van der Waals surface area (Å²) in [5, 5.41) is 0. The van der Waals surface area contributed by atoms with Crippen LogP contribution in [0.4, 0.5) is 0 Å². The molecule has 0 unspecified atom stereocenters. The molecule has 0 atom stereocenters. The maximum Gasteiger partial charge on any atom is 0.347 e. The number of hydrogen-bond acceptors (Lipinski definition) is 5. The zero-order chi connectivity index (χ0) is 10.6. The highest BCUT2D eigenvalue weighted by Crippen LogP contribution is 1.95. The normalized spacial score (nSPS) is 9.50. The number of nitrogens with zero attached hydrogens (tertiary/aromatic N) is 2. The summed E-state index contributed by atoms with van der Waals surface area (Å²) in [4.78, 5) is 35.6. The predicted molar refractivity (Wildman–Crippen MR) is 45.9 cm³/mol. The second-order valence-electron chi connectivity index (χ2n) is 2.44. The van der Waals surface area contributed by atoms with Gasteiger partial charge in [-0.05, 0) is 0 Å². The lowest BCUT2D eigenvalue weighted by molar-refractivity contribution is -0.108. The Hall–Kier alpha value is -1.98. The van der Waals surface area contributed by atoms with Gasteiger partial charge < -0.3 is 9.53 Å². The Morgan fingerprint density at radius 2 is 2.43 bits per heavy atom. The number of rotatable bonds is 3. The van der Waals surface area contributed by atoms with E-state index in [0.717, 1.165) is 10.8 Å². The Morgan fingerprint density at radius 3 is 3.00 bits per heavy atom. The molecule has 6 heteroatoms. The van der Waals surface area contributed by atoms with Crippen molar-refractivity contribution in [2.45, 2.75) is 6.54 Å². The van der Waals surface area contributed by atoms with Crippen molar-refractivity contribution in [3.05, 3.63) is 28.4 Å². The third-order valence-corrected chi connectivity index (χ3v) is 1.55. The number of aromatic nitrogens is 2. The van der Waals surface area contributed by atoms with Crippen molar-refractivity contribution in [1.29, 1.82) is 0 Å². The summed E-state index contributed by atoms with van der Waals surface area (Å²) in [6.07, 6.45) is 2.88. The monoisotopic (exact) mass is 196 g/mol. The lowest BCUT2D eigenvalue weighted by Crippen LogP contribution is -2.24. The van der Waals surface area contributed by atoms with E-state index in [4.69, 9.17) is 0 Å². The average Bonchev–Trinajstić information content (AvgIpc) is 2.20. The number of carbonyl (C=O) groups excluding carboxylic acids is 2. The van der Waals surface area contributed by atoms with E-state index in [1.807, 2.05) is 0 Å². The first-order valence-corrected chi connectivity index (χ1v) is 3.77. The van der Waals surface area contributed by atoms with Gasteiger partial charge in [-0.3, -0.25) is 4.57 Å². The van der Waals surface area contributed by atoms with Crippen LogP contribution in [0.1, 0.15) is 10.4 Å². The number of methoxy groups -OCH3 is 1. The molecular weight excluding hydrogens is 188 g/mol. The second kappa shape index (κ2) is 4.31. The number of hydrogen-bond donors (Lipinski definition) is 0. The van der Waals surface area contributed by atoms with Gasteiger partial charge in [0.1, 0.15) is 6.29 Å². The predicted octanol–water partition coefficient (Wildman–Crippen LogP) is -0.771. The smallest absolute Gasteiger partial charge is 0.347 e. The SMILES string of the molecule is COC(=O)c1cnc(=O)n(CC=O)c1. The van der Waals surface area contributed by atoms with Crippen molar-refractivity contribution in [2.24, 2.45) is 0 Å². The summed E-state index contributed by atoms with van der Waals surface area (Å²) < 4.78 is 5.45. The van der Waals surface area contributed by atoms with Crippen molar-refractivity contribution < 1.29 is 14.3 Å². The fourth-order valence-electron chi connectivity index (χ4n) is 0.890. The standard InChI is InChI=1S/C8H8N2O4/c1-14-7(12)6-4-9-8(13)10(5-6)2-3-11/h3-5H,2H2,1H3. The van der Waals surface area contributed by atoms with Gasteiger partial charge in [-0.1, -0.05) is 0 Å². The van der Waals surface area contributed by atoms with E-state index in [9.17, 15) is 14.4 Å². The minimum absolute atomic E-state index is 0.128. The minimum Gasteiger partial charge on any atom is -0.465 e. The van der Waals surface area contributed by atoms with Gasteiger partial charge in [0.25, 0.3) is 0 Å². The summed E-state index contributed by atoms with van der Waals surface area (Å²) in [5.74, 6) is -0.600. The molecule has 1 aromatic rings. The topological polar surface area (TPSA) is 78.3 Å². The van der Waals surface area contributed by atoms with Crippen molar-refractivity contribution in [2.75, 3.05) is 7.11 Å². The zero-order valence-corrected chi connectivity index (χ0v) is 7.47. The van der Waals surface area contributed by atoms with Crippen LogP contribution in [0.3, 0.4) is 0 Å². The molecule has 0 bridgehead atoms. The van der Waals surface area contributed by atoms with Gasteiger partial charge in [0.2, 0.25) is 0 Å². The van der Waals surface area contributed by atoms with Crippen molar-refractivity contribution in [3.63, 3.8) is 0 Å². The molecular formula is C8H8N2O4. The largest absolute Gasteiger partial charge is 0.465 e. The summed E-state index contributed by atoms with van der Waals surface area (Å²) in [7, 11) is 1.22. The fraction of sp³-hybridized carbons (Fsp3) is 0.250. The third kappa shape index (κ3) is 2.03. The Labute approximate surface area is 79.1 Å². The van der Waals surface area contributed by atoms with E-state index in [0.29, 0.717) is 6.29 Å². The molecule has 0 saturated heterocycles. The Morgan fingerprint density at radius 1 is 1.71 bits per heavy atom. The van der Waals surface area contributed by atoms with Crippen LogP contribution in [0, 0.1) is 0 Å². The summed E-state index contributed by atoms with van der Waals surface area (Å²) in [5.41, 5.74) is -0.446. The molecule has 0 N–H and O–H groups in total. The number of ether oxygens (including phenoxy) is 1. The maximum atomic E-state index is 11.0. The molecule has 0 aliphatic carbocycles.